The molecule has 1 N–H and O–H groups in total. The summed E-state index contributed by atoms with van der Waals surface area (Å²) in [4.78, 5) is 12.1. The minimum Gasteiger partial charge on any atom is -0.490 e. The van der Waals surface area contributed by atoms with Crippen LogP contribution < -0.4 is 14.9 Å². The second-order valence-corrected chi connectivity index (χ2v) is 7.06. The number of carbonyl (C=O) groups excluding carboxylic acids is 1. The fraction of sp³-hybridized carbons (Fsp3) is 0.167. The Bertz CT molecular complexity index is 1020. The van der Waals surface area contributed by atoms with Crippen LogP contribution in [0.25, 0.3) is 0 Å². The van der Waals surface area contributed by atoms with Gasteiger partial charge in [0.25, 0.3) is 5.91 Å². The molecule has 0 aliphatic rings. The van der Waals surface area contributed by atoms with E-state index in [1.165, 1.54) is 0 Å². The summed E-state index contributed by atoms with van der Waals surface area (Å²) in [6.45, 7) is 4.78. The van der Waals surface area contributed by atoms with Gasteiger partial charge >= 0.3 is 0 Å². The maximum atomic E-state index is 12.1. The lowest BCUT2D eigenvalue weighted by atomic mass is 10.1. The summed E-state index contributed by atoms with van der Waals surface area (Å²) in [5.41, 5.74) is 5.97. The van der Waals surface area contributed by atoms with Crippen LogP contribution in [0.4, 0.5) is 0 Å². The molecule has 3 aromatic rings. The molecule has 0 fully saturated rings. The zero-order valence-corrected chi connectivity index (χ0v) is 17.6. The summed E-state index contributed by atoms with van der Waals surface area (Å²) in [6, 6.07) is 20.3. The molecule has 0 unspecified atom stereocenters. The number of rotatable bonds is 8. The largest absolute Gasteiger partial charge is 0.490 e. The van der Waals surface area contributed by atoms with E-state index < -0.39 is 0 Å². The molecule has 154 valence electrons. The van der Waals surface area contributed by atoms with Gasteiger partial charge in [-0.3, -0.25) is 4.79 Å². The number of halogens is 1. The van der Waals surface area contributed by atoms with E-state index in [1.807, 2.05) is 68.4 Å². The normalized spacial score (nSPS) is 10.8. The maximum absolute atomic E-state index is 12.1. The smallest absolute Gasteiger partial charge is 0.271 e. The number of aryl methyl sites for hydroxylation is 1. The van der Waals surface area contributed by atoms with Crippen molar-refractivity contribution in [1.82, 2.24) is 5.43 Å². The number of nitrogens with zero attached hydrogens (tertiary/aromatic N) is 1. The SMILES string of the molecule is CCOc1cc(/C=N/NC(=O)c2ccc(C)cc2)ccc1OCc1ccc(Cl)cc1. The van der Waals surface area contributed by atoms with E-state index in [2.05, 4.69) is 10.5 Å². The zero-order valence-electron chi connectivity index (χ0n) is 16.9. The second-order valence-electron chi connectivity index (χ2n) is 6.62. The van der Waals surface area contributed by atoms with Crippen LogP contribution in [-0.4, -0.2) is 18.7 Å². The van der Waals surface area contributed by atoms with Crippen molar-refractivity contribution < 1.29 is 14.3 Å². The molecule has 5 nitrogen and oxygen atoms in total. The molecule has 0 spiro atoms. The number of ether oxygens (including phenoxy) is 2. The first-order valence-corrected chi connectivity index (χ1v) is 9.97. The fourth-order valence-electron chi connectivity index (χ4n) is 2.67. The van der Waals surface area contributed by atoms with Crippen molar-refractivity contribution in [3.8, 4) is 11.5 Å². The number of hydrogen-bond acceptors (Lipinski definition) is 4. The average molecular weight is 423 g/mol. The first kappa shape index (κ1) is 21.4. The molecular formula is C24H23ClN2O3. The van der Waals surface area contributed by atoms with Crippen molar-refractivity contribution in [3.63, 3.8) is 0 Å². The van der Waals surface area contributed by atoms with E-state index in [0.717, 1.165) is 16.7 Å². The summed E-state index contributed by atoms with van der Waals surface area (Å²) >= 11 is 5.92. The molecule has 0 aromatic heterocycles. The third-order valence-electron chi connectivity index (χ3n) is 4.27. The van der Waals surface area contributed by atoms with Crippen molar-refractivity contribution in [1.29, 1.82) is 0 Å². The predicted molar refractivity (Wildman–Crippen MR) is 120 cm³/mol. The number of benzene rings is 3. The highest BCUT2D eigenvalue weighted by molar-refractivity contribution is 6.30. The summed E-state index contributed by atoms with van der Waals surface area (Å²) in [7, 11) is 0. The van der Waals surface area contributed by atoms with E-state index in [0.29, 0.717) is 35.3 Å². The molecule has 0 bridgehead atoms. The number of amides is 1. The van der Waals surface area contributed by atoms with Crippen molar-refractivity contribution in [2.24, 2.45) is 5.10 Å². The van der Waals surface area contributed by atoms with Gasteiger partial charge in [-0.2, -0.15) is 5.10 Å². The minimum absolute atomic E-state index is 0.265. The highest BCUT2D eigenvalue weighted by Gasteiger charge is 2.07. The van der Waals surface area contributed by atoms with Gasteiger partial charge in [0, 0.05) is 10.6 Å². The molecule has 0 heterocycles. The van der Waals surface area contributed by atoms with Crippen LogP contribution in [0.15, 0.2) is 71.8 Å². The van der Waals surface area contributed by atoms with Gasteiger partial charge in [-0.15, -0.1) is 0 Å². The lowest BCUT2D eigenvalue weighted by Gasteiger charge is -2.12. The van der Waals surface area contributed by atoms with Gasteiger partial charge in [0.2, 0.25) is 0 Å². The quantitative estimate of drug-likeness (QED) is 0.391. The topological polar surface area (TPSA) is 59.9 Å². The average Bonchev–Trinajstić information content (AvgIpc) is 2.75. The van der Waals surface area contributed by atoms with Crippen molar-refractivity contribution in [2.75, 3.05) is 6.61 Å². The van der Waals surface area contributed by atoms with Crippen molar-refractivity contribution in [2.45, 2.75) is 20.5 Å². The van der Waals surface area contributed by atoms with E-state index in [9.17, 15) is 4.79 Å². The molecule has 0 saturated heterocycles. The summed E-state index contributed by atoms with van der Waals surface area (Å²) in [5.74, 6) is 0.979. The Labute approximate surface area is 181 Å². The van der Waals surface area contributed by atoms with Gasteiger partial charge in [-0.25, -0.2) is 5.43 Å². The molecule has 3 aromatic carbocycles. The molecule has 0 aliphatic heterocycles. The maximum Gasteiger partial charge on any atom is 0.271 e. The first-order valence-electron chi connectivity index (χ1n) is 9.59. The van der Waals surface area contributed by atoms with Crippen LogP contribution in [-0.2, 0) is 6.61 Å². The van der Waals surface area contributed by atoms with Crippen LogP contribution in [0.5, 0.6) is 11.5 Å². The van der Waals surface area contributed by atoms with E-state index >= 15 is 0 Å². The van der Waals surface area contributed by atoms with Gasteiger partial charge in [-0.1, -0.05) is 41.4 Å². The number of nitrogens with one attached hydrogen (secondary N) is 1. The molecule has 3 rings (SSSR count). The molecule has 30 heavy (non-hydrogen) atoms. The first-order chi connectivity index (χ1) is 14.5. The van der Waals surface area contributed by atoms with Crippen LogP contribution >= 0.6 is 11.6 Å². The Morgan fingerprint density at radius 2 is 1.73 bits per heavy atom. The third kappa shape index (κ3) is 6.09. The summed E-state index contributed by atoms with van der Waals surface area (Å²) in [6.07, 6.45) is 1.57. The zero-order chi connectivity index (χ0) is 21.3. The van der Waals surface area contributed by atoms with Gasteiger partial charge in [0.1, 0.15) is 6.61 Å². The lowest BCUT2D eigenvalue weighted by molar-refractivity contribution is 0.0955. The Kier molecular flexibility index (Phi) is 7.46. The van der Waals surface area contributed by atoms with Crippen LogP contribution in [0, 0.1) is 6.92 Å². The number of hydrogen-bond donors (Lipinski definition) is 1. The van der Waals surface area contributed by atoms with Crippen molar-refractivity contribution in [3.05, 3.63) is 94.0 Å². The van der Waals surface area contributed by atoms with E-state index in [4.69, 9.17) is 21.1 Å². The molecular weight excluding hydrogens is 400 g/mol. The second kappa shape index (κ2) is 10.5. The number of hydrazone groups is 1. The molecule has 0 aliphatic carbocycles. The van der Waals surface area contributed by atoms with E-state index in [1.54, 1.807) is 18.3 Å². The monoisotopic (exact) mass is 422 g/mol. The highest BCUT2D eigenvalue weighted by atomic mass is 35.5. The Balaban J connectivity index is 1.64. The van der Waals surface area contributed by atoms with Crippen LogP contribution in [0.1, 0.15) is 34.0 Å². The standard InChI is InChI=1S/C24H23ClN2O3/c1-3-29-23-14-19(15-26-27-24(28)20-9-4-17(2)5-10-20)8-13-22(23)30-16-18-6-11-21(25)12-7-18/h4-15H,3,16H2,1-2H3,(H,27,28)/b26-15+. The molecule has 1 amide bonds. The fourth-order valence-corrected chi connectivity index (χ4v) is 2.80. The minimum atomic E-state index is -0.265. The molecule has 0 atom stereocenters. The third-order valence-corrected chi connectivity index (χ3v) is 4.52. The van der Waals surface area contributed by atoms with Crippen LogP contribution in [0.2, 0.25) is 5.02 Å². The van der Waals surface area contributed by atoms with Crippen molar-refractivity contribution >= 4 is 23.7 Å². The molecule has 0 radical (unpaired) electrons. The summed E-state index contributed by atoms with van der Waals surface area (Å²) < 4.78 is 11.6. The van der Waals surface area contributed by atoms with Gasteiger partial charge in [0.15, 0.2) is 11.5 Å². The Morgan fingerprint density at radius 1 is 1.00 bits per heavy atom. The lowest BCUT2D eigenvalue weighted by Crippen LogP contribution is -2.17. The van der Waals surface area contributed by atoms with Gasteiger partial charge in [0.05, 0.1) is 12.8 Å². The highest BCUT2D eigenvalue weighted by Crippen LogP contribution is 2.29. The Morgan fingerprint density at radius 3 is 2.43 bits per heavy atom. The van der Waals surface area contributed by atoms with Crippen LogP contribution in [0.3, 0.4) is 0 Å². The summed E-state index contributed by atoms with van der Waals surface area (Å²) in [5, 5.41) is 4.73. The van der Waals surface area contributed by atoms with Gasteiger partial charge in [-0.05, 0) is 67.4 Å². The van der Waals surface area contributed by atoms with E-state index in [-0.39, 0.29) is 5.91 Å². The molecule has 6 heteroatoms. The molecule has 0 saturated carbocycles. The predicted octanol–water partition coefficient (Wildman–Crippen LogP) is 5.39. The van der Waals surface area contributed by atoms with Gasteiger partial charge < -0.3 is 9.47 Å². The number of carbonyl (C=O) groups is 1. The Hall–Kier alpha value is -3.31.